The number of amides is 3. The molecular formula is C21H26N6O2. The summed E-state index contributed by atoms with van der Waals surface area (Å²) in [6.07, 6.45) is 2.56. The second-order valence-corrected chi connectivity index (χ2v) is 7.27. The van der Waals surface area contributed by atoms with Crippen molar-refractivity contribution in [3.63, 3.8) is 0 Å². The minimum Gasteiger partial charge on any atom is -0.342 e. The van der Waals surface area contributed by atoms with Gasteiger partial charge in [0, 0.05) is 26.2 Å². The number of likely N-dealkylation sites (N-methyl/N-ethyl adjacent to an activating group) is 1. The third-order valence-electron chi connectivity index (χ3n) is 5.45. The number of aryl methyl sites for hydroxylation is 1. The second kappa shape index (κ2) is 7.69. The molecule has 29 heavy (non-hydrogen) atoms. The van der Waals surface area contributed by atoms with Crippen molar-refractivity contribution in [2.75, 3.05) is 37.6 Å². The molecule has 0 saturated heterocycles. The van der Waals surface area contributed by atoms with Crippen molar-refractivity contribution in [2.24, 2.45) is 4.99 Å². The van der Waals surface area contributed by atoms with Crippen molar-refractivity contribution in [1.82, 2.24) is 19.6 Å². The van der Waals surface area contributed by atoms with E-state index < -0.39 is 0 Å². The molecule has 8 nitrogen and oxygen atoms in total. The first-order chi connectivity index (χ1) is 14.0. The van der Waals surface area contributed by atoms with Crippen LogP contribution in [-0.4, -0.2) is 70.1 Å². The maximum absolute atomic E-state index is 13.4. The number of carbonyl (C=O) groups excluding carboxylic acids is 2. The van der Waals surface area contributed by atoms with Crippen molar-refractivity contribution >= 4 is 23.6 Å². The van der Waals surface area contributed by atoms with E-state index in [1.807, 2.05) is 45.0 Å². The van der Waals surface area contributed by atoms with Gasteiger partial charge in [-0.15, -0.1) is 0 Å². The highest BCUT2D eigenvalue weighted by Gasteiger charge is 2.40. The summed E-state index contributed by atoms with van der Waals surface area (Å²) in [6.45, 7) is 8.39. The SMILES string of the molecule is CCN(CC)C(=O)CN1C(=O)N2CCCN=C2c2cnn(-c3ccc(C)cc3)c21. The largest absolute Gasteiger partial charge is 0.342 e. The molecule has 0 unspecified atom stereocenters. The van der Waals surface area contributed by atoms with Crippen molar-refractivity contribution in [3.05, 3.63) is 41.6 Å². The average Bonchev–Trinajstić information content (AvgIpc) is 3.18. The topological polar surface area (TPSA) is 74.0 Å². The zero-order valence-corrected chi connectivity index (χ0v) is 17.1. The molecule has 0 spiro atoms. The van der Waals surface area contributed by atoms with Gasteiger partial charge in [0.15, 0.2) is 5.82 Å². The van der Waals surface area contributed by atoms with Gasteiger partial charge < -0.3 is 4.90 Å². The Hall–Kier alpha value is -3.16. The smallest absolute Gasteiger partial charge is 0.331 e. The molecule has 2 aromatic rings. The van der Waals surface area contributed by atoms with E-state index in [9.17, 15) is 9.59 Å². The Morgan fingerprint density at radius 2 is 1.90 bits per heavy atom. The van der Waals surface area contributed by atoms with Crippen LogP contribution >= 0.6 is 0 Å². The standard InChI is InChI=1S/C21H26N6O2/c1-4-24(5-2)18(28)14-26-20-17(19-22-11-6-12-25(19)21(26)29)13-23-27(20)16-9-7-15(3)8-10-16/h7-10,13H,4-6,11-12,14H2,1-3H3. The summed E-state index contributed by atoms with van der Waals surface area (Å²) in [7, 11) is 0. The third kappa shape index (κ3) is 3.28. The highest BCUT2D eigenvalue weighted by atomic mass is 16.2. The van der Waals surface area contributed by atoms with Crippen LogP contribution in [0.15, 0.2) is 35.5 Å². The molecule has 0 bridgehead atoms. The lowest BCUT2D eigenvalue weighted by atomic mass is 10.1. The van der Waals surface area contributed by atoms with Crippen LogP contribution < -0.4 is 4.90 Å². The Morgan fingerprint density at radius 3 is 2.59 bits per heavy atom. The number of hydrogen-bond acceptors (Lipinski definition) is 4. The molecule has 152 valence electrons. The Morgan fingerprint density at radius 1 is 1.17 bits per heavy atom. The Kier molecular flexibility index (Phi) is 5.08. The number of anilines is 1. The predicted octanol–water partition coefficient (Wildman–Crippen LogP) is 2.44. The van der Waals surface area contributed by atoms with Crippen LogP contribution in [0.2, 0.25) is 0 Å². The second-order valence-electron chi connectivity index (χ2n) is 7.27. The van der Waals surface area contributed by atoms with Crippen LogP contribution in [0.4, 0.5) is 10.6 Å². The van der Waals surface area contributed by atoms with Crippen LogP contribution in [0.3, 0.4) is 0 Å². The Labute approximate surface area is 170 Å². The summed E-state index contributed by atoms with van der Waals surface area (Å²) < 4.78 is 1.73. The number of nitrogens with zero attached hydrogens (tertiary/aromatic N) is 6. The number of benzene rings is 1. The van der Waals surface area contributed by atoms with E-state index >= 15 is 0 Å². The van der Waals surface area contributed by atoms with Crippen LogP contribution in [-0.2, 0) is 4.79 Å². The first-order valence-electron chi connectivity index (χ1n) is 10.1. The molecule has 0 saturated carbocycles. The van der Waals surface area contributed by atoms with Crippen LogP contribution in [0.5, 0.6) is 0 Å². The van der Waals surface area contributed by atoms with Gasteiger partial charge in [0.2, 0.25) is 5.91 Å². The van der Waals surface area contributed by atoms with E-state index in [2.05, 4.69) is 10.1 Å². The fourth-order valence-electron chi connectivity index (χ4n) is 3.85. The van der Waals surface area contributed by atoms with Crippen molar-refractivity contribution in [3.8, 4) is 5.69 Å². The first kappa shape index (κ1) is 19.2. The normalized spacial score (nSPS) is 15.7. The molecule has 0 atom stereocenters. The number of amidine groups is 1. The molecule has 3 heterocycles. The van der Waals surface area contributed by atoms with E-state index in [1.54, 1.807) is 25.6 Å². The van der Waals surface area contributed by atoms with Gasteiger partial charge in [-0.1, -0.05) is 17.7 Å². The van der Waals surface area contributed by atoms with Crippen molar-refractivity contribution in [2.45, 2.75) is 27.2 Å². The average molecular weight is 394 g/mol. The van der Waals surface area contributed by atoms with Crippen LogP contribution in [0.25, 0.3) is 5.69 Å². The summed E-state index contributed by atoms with van der Waals surface area (Å²) in [5.74, 6) is 1.18. The molecule has 0 N–H and O–H groups in total. The maximum Gasteiger partial charge on any atom is 0.331 e. The van der Waals surface area contributed by atoms with E-state index in [0.29, 0.717) is 37.8 Å². The number of aliphatic imine (C=N–C) groups is 1. The van der Waals surface area contributed by atoms with Crippen LogP contribution in [0, 0.1) is 6.92 Å². The van der Waals surface area contributed by atoms with Crippen molar-refractivity contribution in [1.29, 1.82) is 0 Å². The number of rotatable bonds is 5. The lowest BCUT2D eigenvalue weighted by Crippen LogP contribution is -2.55. The van der Waals surface area contributed by atoms with Gasteiger partial charge in [0.05, 0.1) is 17.4 Å². The summed E-state index contributed by atoms with van der Waals surface area (Å²) in [5, 5.41) is 4.56. The zero-order chi connectivity index (χ0) is 20.5. The number of urea groups is 1. The summed E-state index contributed by atoms with van der Waals surface area (Å²) >= 11 is 0. The van der Waals surface area contributed by atoms with Gasteiger partial charge in [0.25, 0.3) is 0 Å². The first-order valence-corrected chi connectivity index (χ1v) is 10.1. The Bertz CT molecular complexity index is 958. The molecule has 0 aliphatic carbocycles. The van der Waals surface area contributed by atoms with Crippen molar-refractivity contribution < 1.29 is 9.59 Å². The van der Waals surface area contributed by atoms with Gasteiger partial charge in [-0.05, 0) is 39.3 Å². The third-order valence-corrected chi connectivity index (χ3v) is 5.45. The highest BCUT2D eigenvalue weighted by molar-refractivity contribution is 6.19. The van der Waals surface area contributed by atoms with Crippen LogP contribution in [0.1, 0.15) is 31.4 Å². The van der Waals surface area contributed by atoms with E-state index in [1.165, 1.54) is 0 Å². The summed E-state index contributed by atoms with van der Waals surface area (Å²) in [5.41, 5.74) is 2.77. The molecular weight excluding hydrogens is 368 g/mol. The van der Waals surface area contributed by atoms with Gasteiger partial charge >= 0.3 is 6.03 Å². The quantitative estimate of drug-likeness (QED) is 0.782. The lowest BCUT2D eigenvalue weighted by Gasteiger charge is -2.38. The fourth-order valence-corrected chi connectivity index (χ4v) is 3.85. The van der Waals surface area contributed by atoms with Gasteiger partial charge in [0.1, 0.15) is 12.4 Å². The predicted molar refractivity (Wildman–Crippen MR) is 112 cm³/mol. The Balaban J connectivity index is 1.82. The van der Waals surface area contributed by atoms with Gasteiger partial charge in [-0.3, -0.25) is 19.6 Å². The molecule has 8 heteroatoms. The number of carbonyl (C=O) groups is 2. The molecule has 0 radical (unpaired) electrons. The van der Waals surface area contributed by atoms with Gasteiger partial charge in [-0.2, -0.15) is 5.10 Å². The molecule has 2 aliphatic rings. The molecule has 2 aliphatic heterocycles. The van der Waals surface area contributed by atoms with E-state index in [0.717, 1.165) is 23.2 Å². The maximum atomic E-state index is 13.4. The zero-order valence-electron chi connectivity index (χ0n) is 17.1. The minimum absolute atomic E-state index is 0.0190. The van der Waals surface area contributed by atoms with E-state index in [-0.39, 0.29) is 18.5 Å². The van der Waals surface area contributed by atoms with Gasteiger partial charge in [-0.25, -0.2) is 9.48 Å². The van der Waals surface area contributed by atoms with E-state index in [4.69, 9.17) is 0 Å². The number of hydrogen-bond donors (Lipinski definition) is 0. The molecule has 4 rings (SSSR count). The lowest BCUT2D eigenvalue weighted by molar-refractivity contribution is -0.129. The molecule has 1 aromatic carbocycles. The molecule has 3 amide bonds. The fraction of sp³-hybridized carbons (Fsp3) is 0.429. The molecule has 0 fully saturated rings. The summed E-state index contributed by atoms with van der Waals surface area (Å²) in [4.78, 5) is 35.8. The minimum atomic E-state index is -0.217. The number of aromatic nitrogens is 2. The monoisotopic (exact) mass is 394 g/mol. The summed E-state index contributed by atoms with van der Waals surface area (Å²) in [6, 6.07) is 7.72. The molecule has 1 aromatic heterocycles. The highest BCUT2D eigenvalue weighted by Crippen LogP contribution is 2.32. The number of fused-ring (bicyclic) bond motifs is 3.